The number of hydrogen-bond acceptors (Lipinski definition) is 5. The summed E-state index contributed by atoms with van der Waals surface area (Å²) in [7, 11) is -3.41. The van der Waals surface area contributed by atoms with Crippen LogP contribution in [0, 0.1) is 0 Å². The van der Waals surface area contributed by atoms with E-state index in [-0.39, 0.29) is 0 Å². The van der Waals surface area contributed by atoms with Crippen molar-refractivity contribution < 1.29 is 13.2 Å². The third-order valence-corrected chi connectivity index (χ3v) is 5.79. The Morgan fingerprint density at radius 3 is 2.83 bits per heavy atom. The van der Waals surface area contributed by atoms with Crippen LogP contribution in [0.1, 0.15) is 18.7 Å². The summed E-state index contributed by atoms with van der Waals surface area (Å²) < 4.78 is 31.9. The van der Waals surface area contributed by atoms with Crippen molar-refractivity contribution in [3.63, 3.8) is 0 Å². The Balaban J connectivity index is 2.25. The second-order valence-electron chi connectivity index (χ2n) is 4.90. The summed E-state index contributed by atoms with van der Waals surface area (Å²) >= 11 is 1.38. The van der Waals surface area contributed by atoms with Gasteiger partial charge in [0.1, 0.15) is 0 Å². The quantitative estimate of drug-likeness (QED) is 0.901. The molecule has 0 unspecified atom stereocenters. The number of ether oxygens (including phenoxy) is 1. The van der Waals surface area contributed by atoms with Gasteiger partial charge in [-0.1, -0.05) is 0 Å². The van der Waals surface area contributed by atoms with Crippen LogP contribution in [0.5, 0.6) is 0 Å². The van der Waals surface area contributed by atoms with Crippen molar-refractivity contribution in [2.75, 3.05) is 19.7 Å². The lowest BCUT2D eigenvalue weighted by atomic mass is 10.1. The highest BCUT2D eigenvalue weighted by atomic mass is 32.2. The van der Waals surface area contributed by atoms with Gasteiger partial charge >= 0.3 is 0 Å². The van der Waals surface area contributed by atoms with Crippen molar-refractivity contribution in [2.24, 2.45) is 5.73 Å². The Bertz CT molecular complexity index is 522. The molecular weight excluding hydrogens is 272 g/mol. The summed E-state index contributed by atoms with van der Waals surface area (Å²) in [5.74, 6) is 0. The first-order chi connectivity index (χ1) is 8.35. The monoisotopic (exact) mass is 290 g/mol. The van der Waals surface area contributed by atoms with Crippen LogP contribution in [0.4, 0.5) is 0 Å². The maximum absolute atomic E-state index is 12.4. The molecule has 102 valence electrons. The topological polar surface area (TPSA) is 72.6 Å². The number of nitrogens with two attached hydrogens (primary N) is 1. The molecule has 5 nitrogen and oxygen atoms in total. The molecule has 2 heterocycles. The normalized spacial score (nSPS) is 21.1. The molecule has 1 aromatic rings. The van der Waals surface area contributed by atoms with Crippen molar-refractivity contribution >= 4 is 21.4 Å². The van der Waals surface area contributed by atoms with Crippen LogP contribution in [0.25, 0.3) is 0 Å². The maximum atomic E-state index is 12.4. The molecule has 2 N–H and O–H groups in total. The highest BCUT2D eigenvalue weighted by molar-refractivity contribution is 7.89. The minimum Gasteiger partial charge on any atom is -0.373 e. The molecule has 1 saturated heterocycles. The van der Waals surface area contributed by atoms with Gasteiger partial charge in [-0.3, -0.25) is 0 Å². The van der Waals surface area contributed by atoms with Gasteiger partial charge in [0.05, 0.1) is 17.1 Å². The lowest BCUT2D eigenvalue weighted by Gasteiger charge is -2.37. The van der Waals surface area contributed by atoms with Gasteiger partial charge < -0.3 is 10.5 Å². The van der Waals surface area contributed by atoms with Gasteiger partial charge in [-0.15, -0.1) is 11.3 Å². The summed E-state index contributed by atoms with van der Waals surface area (Å²) in [6.07, 6.45) is 0. The third kappa shape index (κ3) is 2.75. The van der Waals surface area contributed by atoms with Crippen molar-refractivity contribution in [1.82, 2.24) is 4.31 Å². The zero-order chi connectivity index (χ0) is 13.4. The average molecular weight is 290 g/mol. The molecule has 1 aliphatic rings. The third-order valence-electron chi connectivity index (χ3n) is 2.86. The van der Waals surface area contributed by atoms with E-state index in [1.807, 2.05) is 13.8 Å². The van der Waals surface area contributed by atoms with Gasteiger partial charge in [-0.05, 0) is 19.9 Å². The predicted molar refractivity (Wildman–Crippen MR) is 71.0 cm³/mol. The standard InChI is InChI=1S/C11H18N2O3S2/c1-11(2)8-13(3-4-16-11)18(14,15)10-5-9(6-12)17-7-10/h5,7H,3-4,6,8,12H2,1-2H3. The smallest absolute Gasteiger partial charge is 0.244 e. The molecule has 0 aromatic carbocycles. The number of thiophene rings is 1. The average Bonchev–Trinajstić information content (AvgIpc) is 2.76. The van der Waals surface area contributed by atoms with E-state index >= 15 is 0 Å². The number of morpholine rings is 1. The van der Waals surface area contributed by atoms with Crippen molar-refractivity contribution in [1.29, 1.82) is 0 Å². The minimum atomic E-state index is -3.41. The predicted octanol–water partition coefficient (Wildman–Crippen LogP) is 1.01. The highest BCUT2D eigenvalue weighted by Crippen LogP contribution is 2.26. The van der Waals surface area contributed by atoms with E-state index in [0.29, 0.717) is 31.1 Å². The Morgan fingerprint density at radius 1 is 1.56 bits per heavy atom. The minimum absolute atomic E-state index is 0.339. The molecular formula is C11H18N2O3S2. The van der Waals surface area contributed by atoms with Gasteiger partial charge in [0, 0.05) is 29.9 Å². The summed E-state index contributed by atoms with van der Waals surface area (Å²) in [5, 5.41) is 1.65. The molecule has 0 aliphatic carbocycles. The van der Waals surface area contributed by atoms with Crippen LogP contribution in [0.3, 0.4) is 0 Å². The maximum Gasteiger partial charge on any atom is 0.244 e. The second-order valence-corrected chi connectivity index (χ2v) is 7.83. The Labute approximate surface area is 112 Å². The van der Waals surface area contributed by atoms with Crippen molar-refractivity contribution in [3.05, 3.63) is 16.3 Å². The molecule has 0 amide bonds. The van der Waals surface area contributed by atoms with Crippen molar-refractivity contribution in [2.45, 2.75) is 30.9 Å². The first kappa shape index (κ1) is 14.0. The fourth-order valence-corrected chi connectivity index (χ4v) is 4.65. The zero-order valence-corrected chi connectivity index (χ0v) is 12.2. The van der Waals surface area contributed by atoms with E-state index in [0.717, 1.165) is 4.88 Å². The molecule has 1 fully saturated rings. The van der Waals surface area contributed by atoms with Gasteiger partial charge in [0.15, 0.2) is 0 Å². The Kier molecular flexibility index (Phi) is 3.80. The molecule has 1 aromatic heterocycles. The molecule has 7 heteroatoms. The SMILES string of the molecule is CC1(C)CN(S(=O)(=O)c2csc(CN)c2)CCO1. The molecule has 1 aliphatic heterocycles. The molecule has 0 bridgehead atoms. The Hall–Kier alpha value is -0.470. The summed E-state index contributed by atoms with van der Waals surface area (Å²) in [6.45, 7) is 5.37. The number of sulfonamides is 1. The molecule has 0 radical (unpaired) electrons. The first-order valence-electron chi connectivity index (χ1n) is 5.77. The van der Waals surface area contributed by atoms with Crippen molar-refractivity contribution in [3.8, 4) is 0 Å². The van der Waals surface area contributed by atoms with Crippen LogP contribution in [-0.2, 0) is 21.3 Å². The van der Waals surface area contributed by atoms with Gasteiger partial charge in [0.2, 0.25) is 10.0 Å². The Morgan fingerprint density at radius 2 is 2.28 bits per heavy atom. The van der Waals surface area contributed by atoms with Crippen LogP contribution < -0.4 is 5.73 Å². The number of hydrogen-bond donors (Lipinski definition) is 1. The van der Waals surface area contributed by atoms with E-state index in [1.165, 1.54) is 15.6 Å². The molecule has 18 heavy (non-hydrogen) atoms. The van der Waals surface area contributed by atoms with E-state index in [2.05, 4.69) is 0 Å². The number of rotatable bonds is 3. The van der Waals surface area contributed by atoms with E-state index in [1.54, 1.807) is 11.4 Å². The fraction of sp³-hybridized carbons (Fsp3) is 0.636. The van der Waals surface area contributed by atoms with E-state index < -0.39 is 15.6 Å². The lowest BCUT2D eigenvalue weighted by Crippen LogP contribution is -2.50. The summed E-state index contributed by atoms with van der Waals surface area (Å²) in [6, 6.07) is 1.66. The van der Waals surface area contributed by atoms with Crippen LogP contribution in [-0.4, -0.2) is 38.0 Å². The summed E-state index contributed by atoms with van der Waals surface area (Å²) in [5.41, 5.74) is 5.08. The van der Waals surface area contributed by atoms with E-state index in [9.17, 15) is 8.42 Å². The number of nitrogens with zero attached hydrogens (tertiary/aromatic N) is 1. The molecule has 0 atom stereocenters. The highest BCUT2D eigenvalue weighted by Gasteiger charge is 2.35. The largest absolute Gasteiger partial charge is 0.373 e. The summed E-state index contributed by atoms with van der Waals surface area (Å²) in [4.78, 5) is 1.21. The van der Waals surface area contributed by atoms with Crippen LogP contribution in [0.2, 0.25) is 0 Å². The molecule has 2 rings (SSSR count). The van der Waals surface area contributed by atoms with E-state index in [4.69, 9.17) is 10.5 Å². The fourth-order valence-electron chi connectivity index (χ4n) is 1.93. The zero-order valence-electron chi connectivity index (χ0n) is 10.5. The lowest BCUT2D eigenvalue weighted by molar-refractivity contribution is -0.0640. The van der Waals surface area contributed by atoms with Crippen LogP contribution >= 0.6 is 11.3 Å². The van der Waals surface area contributed by atoms with Gasteiger partial charge in [0.25, 0.3) is 0 Å². The van der Waals surface area contributed by atoms with Crippen LogP contribution in [0.15, 0.2) is 16.3 Å². The molecule has 0 spiro atoms. The molecule has 0 saturated carbocycles. The van der Waals surface area contributed by atoms with Gasteiger partial charge in [-0.2, -0.15) is 4.31 Å². The second kappa shape index (κ2) is 4.90. The first-order valence-corrected chi connectivity index (χ1v) is 8.09. The van der Waals surface area contributed by atoms with Gasteiger partial charge in [-0.25, -0.2) is 8.42 Å².